The molecule has 0 aliphatic heterocycles. The molecule has 0 aliphatic carbocycles. The molecule has 4 rings (SSSR count). The summed E-state index contributed by atoms with van der Waals surface area (Å²) in [6.07, 6.45) is 6.35. The molecule has 8 nitrogen and oxygen atoms in total. The normalized spacial score (nSPS) is 11.4. The Balaban J connectivity index is 1.67. The largest absolute Gasteiger partial charge is 0.487 e. The summed E-state index contributed by atoms with van der Waals surface area (Å²) >= 11 is 4.79. The zero-order valence-electron chi connectivity index (χ0n) is 16.0. The van der Waals surface area contributed by atoms with Crippen LogP contribution in [0.5, 0.6) is 5.75 Å². The molecule has 4 aromatic rings. The molecule has 0 spiro atoms. The van der Waals surface area contributed by atoms with Crippen LogP contribution in [0.1, 0.15) is 10.4 Å². The van der Waals surface area contributed by atoms with Crippen LogP contribution in [-0.4, -0.2) is 36.0 Å². The molecule has 158 valence electrons. The second-order valence-corrected chi connectivity index (χ2v) is 6.91. The lowest BCUT2D eigenvalue weighted by Gasteiger charge is -2.10. The van der Waals surface area contributed by atoms with Gasteiger partial charge in [-0.2, -0.15) is 10.2 Å². The zero-order valence-corrected chi connectivity index (χ0v) is 16.8. The van der Waals surface area contributed by atoms with E-state index >= 15 is 0 Å². The molecule has 0 unspecified atom stereocenters. The number of rotatable bonds is 6. The first-order valence-electron chi connectivity index (χ1n) is 8.95. The lowest BCUT2D eigenvalue weighted by Crippen LogP contribution is -2.15. The average Bonchev–Trinajstić information content (AvgIpc) is 3.34. The minimum Gasteiger partial charge on any atom is -0.420 e. The van der Waals surface area contributed by atoms with Gasteiger partial charge in [0.1, 0.15) is 17.3 Å². The van der Waals surface area contributed by atoms with E-state index in [-0.39, 0.29) is 11.7 Å². The molecular weight excluding hydrogens is 430 g/mol. The third kappa shape index (κ3) is 4.86. The smallest absolute Gasteiger partial charge is 0.420 e. The fourth-order valence-corrected chi connectivity index (χ4v) is 2.93. The number of pyridine rings is 1. The van der Waals surface area contributed by atoms with Gasteiger partial charge in [-0.25, -0.2) is 4.68 Å². The highest BCUT2D eigenvalue weighted by Crippen LogP contribution is 2.29. The van der Waals surface area contributed by atoms with Gasteiger partial charge in [-0.05, 0) is 36.4 Å². The highest BCUT2D eigenvalue weighted by molar-refractivity contribution is 6.20. The molecule has 0 aliphatic rings. The Morgan fingerprint density at radius 1 is 1.19 bits per heavy atom. The number of nitrogens with zero attached hydrogens (tertiary/aromatic N) is 5. The first-order valence-corrected chi connectivity index (χ1v) is 9.33. The molecular formula is C20H15ClF2N6O2. The number of halogens is 3. The fraction of sp³-hybridized carbons (Fsp3) is 0.100. The van der Waals surface area contributed by atoms with Crippen molar-refractivity contribution in [3.05, 3.63) is 72.8 Å². The number of anilines is 1. The SMILES string of the molecule is Cn1cc(-n2nc(-c3ccc(OC(F)(F)Cl)cc3)cc2NC(=O)c2cccnc2)cn1. The summed E-state index contributed by atoms with van der Waals surface area (Å²) in [6.45, 7) is 0. The number of aryl methyl sites for hydroxylation is 1. The fourth-order valence-electron chi connectivity index (χ4n) is 2.84. The maximum Gasteiger partial charge on any atom is 0.487 e. The lowest BCUT2D eigenvalue weighted by atomic mass is 10.1. The van der Waals surface area contributed by atoms with Crippen LogP contribution >= 0.6 is 11.6 Å². The summed E-state index contributed by atoms with van der Waals surface area (Å²) in [5, 5.41) is 11.5. The molecule has 1 N–H and O–H groups in total. The first-order chi connectivity index (χ1) is 14.8. The molecule has 1 amide bonds. The van der Waals surface area contributed by atoms with Gasteiger partial charge in [0, 0.05) is 42.7 Å². The number of amides is 1. The Labute approximate surface area is 180 Å². The van der Waals surface area contributed by atoms with Gasteiger partial charge < -0.3 is 10.1 Å². The lowest BCUT2D eigenvalue weighted by molar-refractivity contribution is -0.0964. The van der Waals surface area contributed by atoms with Gasteiger partial charge in [-0.15, -0.1) is 8.78 Å². The zero-order chi connectivity index (χ0) is 22.0. The van der Waals surface area contributed by atoms with Crippen LogP contribution in [0.4, 0.5) is 14.6 Å². The Hall–Kier alpha value is -3.79. The van der Waals surface area contributed by atoms with Crippen molar-refractivity contribution in [3.63, 3.8) is 0 Å². The molecule has 0 bridgehead atoms. The van der Waals surface area contributed by atoms with E-state index < -0.39 is 5.57 Å². The molecule has 0 saturated carbocycles. The minimum absolute atomic E-state index is 0.0967. The van der Waals surface area contributed by atoms with E-state index in [2.05, 4.69) is 25.2 Å². The van der Waals surface area contributed by atoms with E-state index in [4.69, 9.17) is 11.6 Å². The van der Waals surface area contributed by atoms with E-state index in [1.807, 2.05) is 0 Å². The van der Waals surface area contributed by atoms with E-state index in [0.29, 0.717) is 28.3 Å². The van der Waals surface area contributed by atoms with Gasteiger partial charge >= 0.3 is 5.57 Å². The predicted molar refractivity (Wildman–Crippen MR) is 109 cm³/mol. The Kier molecular flexibility index (Phi) is 5.38. The first kappa shape index (κ1) is 20.5. The van der Waals surface area contributed by atoms with Crippen molar-refractivity contribution in [2.75, 3.05) is 5.32 Å². The molecule has 11 heteroatoms. The summed E-state index contributed by atoms with van der Waals surface area (Å²) in [5.41, 5.74) is -1.68. The van der Waals surface area contributed by atoms with Crippen LogP contribution in [0.2, 0.25) is 0 Å². The quantitative estimate of drug-likeness (QED) is 0.453. The molecule has 0 fully saturated rings. The van der Waals surface area contributed by atoms with Gasteiger partial charge in [0.05, 0.1) is 23.7 Å². The van der Waals surface area contributed by atoms with E-state index in [1.54, 1.807) is 60.7 Å². The van der Waals surface area contributed by atoms with Crippen LogP contribution in [0.15, 0.2) is 67.3 Å². The van der Waals surface area contributed by atoms with Gasteiger partial charge in [0.2, 0.25) is 0 Å². The maximum absolute atomic E-state index is 12.8. The third-order valence-corrected chi connectivity index (χ3v) is 4.27. The van der Waals surface area contributed by atoms with Crippen LogP contribution in [-0.2, 0) is 7.05 Å². The number of benzene rings is 1. The van der Waals surface area contributed by atoms with Gasteiger partial charge in [-0.3, -0.25) is 14.5 Å². The molecule has 0 saturated heterocycles. The van der Waals surface area contributed by atoms with E-state index in [0.717, 1.165) is 0 Å². The number of alkyl halides is 3. The summed E-state index contributed by atoms with van der Waals surface area (Å²) in [4.78, 5) is 16.6. The van der Waals surface area contributed by atoms with Gasteiger partial charge in [0.25, 0.3) is 5.91 Å². The number of aromatic nitrogens is 5. The third-order valence-electron chi connectivity index (χ3n) is 4.19. The standard InChI is InChI=1S/C20H15ClF2N6O2/c1-28-12-15(11-25-28)29-18(26-19(30)14-3-2-8-24-10-14)9-17(27-29)13-4-6-16(7-5-13)31-20(21,22)23/h2-12H,1H3,(H,26,30). The topological polar surface area (TPSA) is 86.9 Å². The number of nitrogens with one attached hydrogen (secondary N) is 1. The molecule has 3 heterocycles. The van der Waals surface area contributed by atoms with Crippen molar-refractivity contribution in [2.45, 2.75) is 5.57 Å². The van der Waals surface area contributed by atoms with Crippen LogP contribution in [0.25, 0.3) is 16.9 Å². The van der Waals surface area contributed by atoms with Crippen molar-refractivity contribution < 1.29 is 18.3 Å². The van der Waals surface area contributed by atoms with Crippen molar-refractivity contribution in [1.29, 1.82) is 0 Å². The summed E-state index contributed by atoms with van der Waals surface area (Å²) in [7, 11) is 1.76. The van der Waals surface area contributed by atoms with Crippen molar-refractivity contribution in [1.82, 2.24) is 24.5 Å². The molecule has 0 radical (unpaired) electrons. The predicted octanol–water partition coefficient (Wildman–Crippen LogP) is 4.09. The summed E-state index contributed by atoms with van der Waals surface area (Å²) < 4.78 is 33.1. The second-order valence-electron chi connectivity index (χ2n) is 6.47. The minimum atomic E-state index is -3.80. The van der Waals surface area contributed by atoms with Crippen molar-refractivity contribution in [2.24, 2.45) is 7.05 Å². The Bertz CT molecular complexity index is 1200. The number of ether oxygens (including phenoxy) is 1. The van der Waals surface area contributed by atoms with E-state index in [9.17, 15) is 13.6 Å². The highest BCUT2D eigenvalue weighted by atomic mass is 35.5. The number of carbonyl (C=O) groups excluding carboxylic acids is 1. The van der Waals surface area contributed by atoms with E-state index in [1.165, 1.54) is 23.0 Å². The summed E-state index contributed by atoms with van der Waals surface area (Å²) in [6, 6.07) is 10.8. The van der Waals surface area contributed by atoms with Crippen molar-refractivity contribution >= 4 is 23.3 Å². The van der Waals surface area contributed by atoms with Gasteiger partial charge in [0.15, 0.2) is 0 Å². The molecule has 1 aromatic carbocycles. The monoisotopic (exact) mass is 444 g/mol. The molecule has 0 atom stereocenters. The second kappa shape index (κ2) is 8.15. The van der Waals surface area contributed by atoms with Crippen LogP contribution in [0, 0.1) is 0 Å². The molecule has 31 heavy (non-hydrogen) atoms. The van der Waals surface area contributed by atoms with Crippen molar-refractivity contribution in [3.8, 4) is 22.7 Å². The van der Waals surface area contributed by atoms with Crippen LogP contribution < -0.4 is 10.1 Å². The number of hydrogen-bond acceptors (Lipinski definition) is 5. The molecule has 3 aromatic heterocycles. The average molecular weight is 445 g/mol. The highest BCUT2D eigenvalue weighted by Gasteiger charge is 2.27. The van der Waals surface area contributed by atoms with Crippen LogP contribution in [0.3, 0.4) is 0 Å². The summed E-state index contributed by atoms with van der Waals surface area (Å²) in [5.74, 6) is -0.0669. The Morgan fingerprint density at radius 2 is 1.97 bits per heavy atom. The maximum atomic E-state index is 12.8. The number of hydrogen-bond donors (Lipinski definition) is 1. The van der Waals surface area contributed by atoms with Gasteiger partial charge in [-0.1, -0.05) is 0 Å². The Morgan fingerprint density at radius 3 is 2.58 bits per heavy atom. The number of carbonyl (C=O) groups is 1.